The molecule has 0 saturated heterocycles. The Kier molecular flexibility index (Phi) is 8.08. The third-order valence-electron chi connectivity index (χ3n) is 4.16. The summed E-state index contributed by atoms with van der Waals surface area (Å²) >= 11 is 11.9. The number of carbonyl (C=O) groups excluding carboxylic acids is 2. The second-order valence-corrected chi connectivity index (χ2v) is 7.33. The topological polar surface area (TPSA) is 89.0 Å². The van der Waals surface area contributed by atoms with Gasteiger partial charge in [0, 0.05) is 26.9 Å². The number of amides is 2. The molecule has 32 heavy (non-hydrogen) atoms. The van der Waals surface area contributed by atoms with Gasteiger partial charge in [-0.25, -0.2) is 5.43 Å². The van der Waals surface area contributed by atoms with Crippen molar-refractivity contribution in [1.82, 2.24) is 5.43 Å². The molecule has 0 fully saturated rings. The Bertz CT molecular complexity index is 1130. The van der Waals surface area contributed by atoms with Crippen LogP contribution in [0.3, 0.4) is 0 Å². The maximum Gasteiger partial charge on any atom is 0.271 e. The van der Waals surface area contributed by atoms with Gasteiger partial charge in [-0.3, -0.25) is 9.59 Å². The molecule has 2 amide bonds. The van der Waals surface area contributed by atoms with E-state index in [0.717, 1.165) is 0 Å². The van der Waals surface area contributed by atoms with Gasteiger partial charge in [0.05, 0.1) is 13.3 Å². The molecule has 0 aliphatic carbocycles. The van der Waals surface area contributed by atoms with Crippen molar-refractivity contribution in [2.24, 2.45) is 5.10 Å². The van der Waals surface area contributed by atoms with Gasteiger partial charge in [-0.1, -0.05) is 29.3 Å². The fourth-order valence-electron chi connectivity index (χ4n) is 2.61. The third kappa shape index (κ3) is 6.73. The van der Waals surface area contributed by atoms with Crippen LogP contribution in [0.5, 0.6) is 11.5 Å². The van der Waals surface area contributed by atoms with Gasteiger partial charge in [0.15, 0.2) is 6.61 Å². The smallest absolute Gasteiger partial charge is 0.271 e. The van der Waals surface area contributed by atoms with Gasteiger partial charge in [-0.05, 0) is 60.7 Å². The number of nitrogens with one attached hydrogen (secondary N) is 2. The van der Waals surface area contributed by atoms with E-state index in [2.05, 4.69) is 15.8 Å². The summed E-state index contributed by atoms with van der Waals surface area (Å²) in [5, 5.41) is 7.69. The predicted molar refractivity (Wildman–Crippen MR) is 125 cm³/mol. The molecule has 0 aromatic heterocycles. The molecule has 0 bridgehead atoms. The monoisotopic (exact) mass is 471 g/mol. The standard InChI is InChI=1S/C23H19Cl2N3O4/c1-31-20-4-2-3-15(12-20)23(30)28-26-13-16-11-18(25)7-10-21(16)32-14-22(29)27-19-8-5-17(24)6-9-19/h2-13H,14H2,1H3,(H,27,29)(H,28,30)/b26-13+. The molecule has 0 spiro atoms. The number of carbonyl (C=O) groups is 2. The fraction of sp³-hybridized carbons (Fsp3) is 0.0870. The van der Waals surface area contributed by atoms with Gasteiger partial charge in [-0.15, -0.1) is 0 Å². The van der Waals surface area contributed by atoms with E-state index in [4.69, 9.17) is 32.7 Å². The van der Waals surface area contributed by atoms with Gasteiger partial charge in [0.2, 0.25) is 0 Å². The Morgan fingerprint density at radius 1 is 1.00 bits per heavy atom. The minimum Gasteiger partial charge on any atom is -0.497 e. The lowest BCUT2D eigenvalue weighted by atomic mass is 10.2. The third-order valence-corrected chi connectivity index (χ3v) is 4.65. The number of methoxy groups -OCH3 is 1. The minimum absolute atomic E-state index is 0.235. The molecule has 0 saturated carbocycles. The van der Waals surface area contributed by atoms with Crippen molar-refractivity contribution in [3.8, 4) is 11.5 Å². The van der Waals surface area contributed by atoms with Crippen LogP contribution in [0.1, 0.15) is 15.9 Å². The highest BCUT2D eigenvalue weighted by molar-refractivity contribution is 6.31. The van der Waals surface area contributed by atoms with E-state index in [-0.39, 0.29) is 12.5 Å². The summed E-state index contributed by atoms with van der Waals surface area (Å²) in [6, 6.07) is 18.2. The number of anilines is 1. The Balaban J connectivity index is 1.62. The summed E-state index contributed by atoms with van der Waals surface area (Å²) in [7, 11) is 1.52. The zero-order valence-electron chi connectivity index (χ0n) is 17.0. The highest BCUT2D eigenvalue weighted by Crippen LogP contribution is 2.22. The van der Waals surface area contributed by atoms with E-state index in [9.17, 15) is 9.59 Å². The van der Waals surface area contributed by atoms with Crippen LogP contribution in [-0.2, 0) is 4.79 Å². The Labute approximate surface area is 194 Å². The average Bonchev–Trinajstić information content (AvgIpc) is 2.80. The van der Waals surface area contributed by atoms with Crippen LogP contribution in [0.2, 0.25) is 10.0 Å². The van der Waals surface area contributed by atoms with E-state index in [0.29, 0.717) is 38.4 Å². The normalized spacial score (nSPS) is 10.6. The molecule has 7 nitrogen and oxygen atoms in total. The van der Waals surface area contributed by atoms with Gasteiger partial charge in [0.25, 0.3) is 11.8 Å². The zero-order valence-corrected chi connectivity index (χ0v) is 18.5. The molecular formula is C23H19Cl2N3O4. The summed E-state index contributed by atoms with van der Waals surface area (Å²) in [6.45, 7) is -0.235. The second-order valence-electron chi connectivity index (χ2n) is 6.46. The number of nitrogens with zero attached hydrogens (tertiary/aromatic N) is 1. The van der Waals surface area contributed by atoms with E-state index >= 15 is 0 Å². The fourth-order valence-corrected chi connectivity index (χ4v) is 2.92. The highest BCUT2D eigenvalue weighted by atomic mass is 35.5. The molecule has 0 unspecified atom stereocenters. The molecule has 0 heterocycles. The van der Waals surface area contributed by atoms with Gasteiger partial charge >= 0.3 is 0 Å². The van der Waals surface area contributed by atoms with E-state index in [1.807, 2.05) is 0 Å². The number of benzene rings is 3. The van der Waals surface area contributed by atoms with Crippen LogP contribution in [-0.4, -0.2) is 31.7 Å². The largest absolute Gasteiger partial charge is 0.497 e. The first kappa shape index (κ1) is 23.1. The molecule has 0 atom stereocenters. The van der Waals surface area contributed by atoms with Crippen LogP contribution < -0.4 is 20.2 Å². The van der Waals surface area contributed by atoms with Crippen molar-refractivity contribution in [2.45, 2.75) is 0 Å². The van der Waals surface area contributed by atoms with E-state index < -0.39 is 5.91 Å². The lowest BCUT2D eigenvalue weighted by Gasteiger charge is -2.10. The lowest BCUT2D eigenvalue weighted by Crippen LogP contribution is -2.20. The molecule has 0 aliphatic heterocycles. The summed E-state index contributed by atoms with van der Waals surface area (Å²) in [5.74, 6) is 0.174. The van der Waals surface area contributed by atoms with Crippen molar-refractivity contribution in [2.75, 3.05) is 19.0 Å². The lowest BCUT2D eigenvalue weighted by molar-refractivity contribution is -0.118. The Hall–Kier alpha value is -3.55. The molecule has 0 aliphatic rings. The van der Waals surface area contributed by atoms with Crippen LogP contribution in [0.15, 0.2) is 71.8 Å². The summed E-state index contributed by atoms with van der Waals surface area (Å²) < 4.78 is 10.7. The minimum atomic E-state index is -0.410. The SMILES string of the molecule is COc1cccc(C(=O)N/N=C/c2cc(Cl)ccc2OCC(=O)Nc2ccc(Cl)cc2)c1. The molecule has 2 N–H and O–H groups in total. The number of hydrazone groups is 1. The molecule has 0 radical (unpaired) electrons. The quantitative estimate of drug-likeness (QED) is 0.365. The first-order valence-electron chi connectivity index (χ1n) is 9.40. The Morgan fingerprint density at radius 3 is 2.50 bits per heavy atom. The molecular weight excluding hydrogens is 453 g/mol. The molecule has 3 aromatic rings. The van der Waals surface area contributed by atoms with Crippen molar-refractivity contribution < 1.29 is 19.1 Å². The summed E-state index contributed by atoms with van der Waals surface area (Å²) in [4.78, 5) is 24.4. The molecule has 164 valence electrons. The number of rotatable bonds is 8. The first-order chi connectivity index (χ1) is 15.4. The molecule has 3 rings (SSSR count). The molecule has 3 aromatic carbocycles. The van der Waals surface area contributed by atoms with Crippen LogP contribution in [0, 0.1) is 0 Å². The first-order valence-corrected chi connectivity index (χ1v) is 10.2. The van der Waals surface area contributed by atoms with E-state index in [1.54, 1.807) is 66.7 Å². The van der Waals surface area contributed by atoms with Crippen LogP contribution >= 0.6 is 23.2 Å². The van der Waals surface area contributed by atoms with E-state index in [1.165, 1.54) is 13.3 Å². The summed E-state index contributed by atoms with van der Waals surface area (Å²) in [5.41, 5.74) is 3.91. The van der Waals surface area contributed by atoms with Crippen LogP contribution in [0.25, 0.3) is 0 Å². The summed E-state index contributed by atoms with van der Waals surface area (Å²) in [6.07, 6.45) is 1.39. The number of ether oxygens (including phenoxy) is 2. The van der Waals surface area contributed by atoms with Crippen molar-refractivity contribution in [1.29, 1.82) is 0 Å². The van der Waals surface area contributed by atoms with Crippen molar-refractivity contribution in [3.63, 3.8) is 0 Å². The maximum atomic E-state index is 12.3. The number of hydrogen-bond donors (Lipinski definition) is 2. The van der Waals surface area contributed by atoms with Gasteiger partial charge < -0.3 is 14.8 Å². The van der Waals surface area contributed by atoms with Crippen LogP contribution in [0.4, 0.5) is 5.69 Å². The zero-order chi connectivity index (χ0) is 22.9. The second kappa shape index (κ2) is 11.2. The predicted octanol–water partition coefficient (Wildman–Crippen LogP) is 4.78. The highest BCUT2D eigenvalue weighted by Gasteiger charge is 2.09. The molecule has 9 heteroatoms. The maximum absolute atomic E-state index is 12.3. The van der Waals surface area contributed by atoms with Gasteiger partial charge in [-0.2, -0.15) is 5.10 Å². The average molecular weight is 472 g/mol. The van der Waals surface area contributed by atoms with Crippen molar-refractivity contribution in [3.05, 3.63) is 87.9 Å². The number of halogens is 2. The number of hydrogen-bond acceptors (Lipinski definition) is 5. The Morgan fingerprint density at radius 2 is 1.75 bits per heavy atom. The van der Waals surface area contributed by atoms with Gasteiger partial charge in [0.1, 0.15) is 11.5 Å². The van der Waals surface area contributed by atoms with Crippen molar-refractivity contribution >= 4 is 46.9 Å².